The van der Waals surface area contributed by atoms with E-state index in [0.717, 1.165) is 0 Å². The lowest BCUT2D eigenvalue weighted by Gasteiger charge is -2.40. The van der Waals surface area contributed by atoms with Crippen molar-refractivity contribution < 1.29 is 22.7 Å². The fourth-order valence-electron chi connectivity index (χ4n) is 4.51. The molecule has 4 heterocycles. The van der Waals surface area contributed by atoms with E-state index in [9.17, 15) is 23.2 Å². The number of H-pyrrole nitrogens is 1. The second-order valence-electron chi connectivity index (χ2n) is 8.96. The number of piperazine rings is 1. The second kappa shape index (κ2) is 10.6. The monoisotopic (exact) mass is 569 g/mol. The number of benzene rings is 1. The number of aromatic amines is 1. The summed E-state index contributed by atoms with van der Waals surface area (Å²) < 4.78 is 28.9. The third kappa shape index (κ3) is 5.28. The van der Waals surface area contributed by atoms with Crippen LogP contribution < -0.4 is 10.0 Å². The van der Waals surface area contributed by atoms with Crippen LogP contribution in [0.3, 0.4) is 0 Å². The molecular formula is C25H24ClN7O5S. The largest absolute Gasteiger partial charge is 0.618 e. The van der Waals surface area contributed by atoms with Crippen LogP contribution in [0.25, 0.3) is 22.2 Å². The third-order valence-corrected chi connectivity index (χ3v) is 8.57. The van der Waals surface area contributed by atoms with Crippen LogP contribution >= 0.6 is 11.6 Å². The summed E-state index contributed by atoms with van der Waals surface area (Å²) in [7, 11) is -2.50. The number of hydrogen-bond donors (Lipinski definition) is 2. The van der Waals surface area contributed by atoms with Crippen molar-refractivity contribution in [3.63, 3.8) is 0 Å². The Kier molecular flexibility index (Phi) is 7.21. The minimum atomic E-state index is -3.96. The van der Waals surface area contributed by atoms with Crippen molar-refractivity contribution in [3.8, 4) is 11.3 Å². The maximum Gasteiger partial charge on any atom is 0.292 e. The summed E-state index contributed by atoms with van der Waals surface area (Å²) in [6.07, 6.45) is 3.98. The molecule has 2 N–H and O–H groups in total. The Morgan fingerprint density at radius 3 is 2.67 bits per heavy atom. The maximum absolute atomic E-state index is 13.5. The van der Waals surface area contributed by atoms with E-state index in [1.807, 2.05) is 0 Å². The van der Waals surface area contributed by atoms with E-state index in [2.05, 4.69) is 20.3 Å². The first kappa shape index (κ1) is 26.5. The van der Waals surface area contributed by atoms with Gasteiger partial charge in [-0.05, 0) is 30.3 Å². The van der Waals surface area contributed by atoms with E-state index in [1.165, 1.54) is 40.9 Å². The Balaban J connectivity index is 1.39. The molecule has 1 aliphatic heterocycles. The molecule has 202 valence electrons. The highest BCUT2D eigenvalue weighted by Crippen LogP contribution is 2.27. The summed E-state index contributed by atoms with van der Waals surface area (Å²) in [6, 6.07) is 10.7. The van der Waals surface area contributed by atoms with Gasteiger partial charge in [-0.15, -0.1) is 0 Å². The predicted octanol–water partition coefficient (Wildman–Crippen LogP) is 1.56. The zero-order valence-electron chi connectivity index (χ0n) is 20.7. The first-order valence-corrected chi connectivity index (χ1v) is 13.8. The lowest BCUT2D eigenvalue weighted by molar-refractivity contribution is -0.593. The average molecular weight is 570 g/mol. The number of halogens is 1. The summed E-state index contributed by atoms with van der Waals surface area (Å²) in [5.74, 6) is -1.02. The molecule has 3 aromatic heterocycles. The van der Waals surface area contributed by atoms with Gasteiger partial charge in [0.2, 0.25) is 17.4 Å². The van der Waals surface area contributed by atoms with Gasteiger partial charge in [0.1, 0.15) is 5.03 Å². The Hall–Kier alpha value is -4.07. The van der Waals surface area contributed by atoms with Crippen LogP contribution in [-0.2, 0) is 14.8 Å². The normalized spacial score (nSPS) is 16.4. The first-order chi connectivity index (χ1) is 18.7. The van der Waals surface area contributed by atoms with Crippen LogP contribution in [0.4, 0.5) is 0 Å². The van der Waals surface area contributed by atoms with Crippen molar-refractivity contribution in [2.45, 2.75) is 17.5 Å². The zero-order chi connectivity index (χ0) is 27.7. The lowest BCUT2D eigenvalue weighted by atomic mass is 10.1. The third-order valence-electron chi connectivity index (χ3n) is 6.55. The Morgan fingerprint density at radius 1 is 1.18 bits per heavy atom. The first-order valence-electron chi connectivity index (χ1n) is 12.0. The van der Waals surface area contributed by atoms with Crippen molar-refractivity contribution in [1.82, 2.24) is 29.5 Å². The Morgan fingerprint density at radius 2 is 1.95 bits per heavy atom. The number of nitrogens with zero attached hydrogens (tertiary/aromatic N) is 5. The van der Waals surface area contributed by atoms with Crippen LogP contribution in [0.1, 0.15) is 17.0 Å². The molecule has 1 atom stereocenters. The van der Waals surface area contributed by atoms with Gasteiger partial charge in [0.25, 0.3) is 15.9 Å². The van der Waals surface area contributed by atoms with Gasteiger partial charge in [-0.2, -0.15) is 9.04 Å². The summed E-state index contributed by atoms with van der Waals surface area (Å²) in [5, 5.41) is 15.7. The predicted molar refractivity (Wildman–Crippen MR) is 142 cm³/mol. The Bertz CT molecular complexity index is 1660. The van der Waals surface area contributed by atoms with Gasteiger partial charge in [-0.3, -0.25) is 9.59 Å². The topological polar surface area (TPSA) is 155 Å². The molecule has 2 amide bonds. The molecule has 14 heteroatoms. The quantitative estimate of drug-likeness (QED) is 0.264. The van der Waals surface area contributed by atoms with Gasteiger partial charge in [0, 0.05) is 73.6 Å². The smallest absolute Gasteiger partial charge is 0.292 e. The molecule has 12 nitrogen and oxygen atoms in total. The molecule has 0 bridgehead atoms. The molecule has 1 aromatic carbocycles. The zero-order valence-corrected chi connectivity index (χ0v) is 22.3. The number of rotatable bonds is 6. The summed E-state index contributed by atoms with van der Waals surface area (Å²) >= 11 is 6.04. The highest BCUT2D eigenvalue weighted by molar-refractivity contribution is 7.89. The number of amides is 2. The maximum atomic E-state index is 13.5. The summed E-state index contributed by atoms with van der Waals surface area (Å²) in [4.78, 5) is 38.3. The fourth-order valence-corrected chi connectivity index (χ4v) is 6.17. The number of aromatic nitrogens is 4. The number of sulfonamides is 1. The Labute approximate surface area is 228 Å². The fraction of sp³-hybridized carbons (Fsp3) is 0.240. The highest BCUT2D eigenvalue weighted by atomic mass is 35.5. The van der Waals surface area contributed by atoms with Crippen molar-refractivity contribution in [2.24, 2.45) is 0 Å². The molecule has 4 aromatic rings. The van der Waals surface area contributed by atoms with Crippen molar-refractivity contribution in [3.05, 3.63) is 77.1 Å². The van der Waals surface area contributed by atoms with Gasteiger partial charge in [0.15, 0.2) is 6.20 Å². The van der Waals surface area contributed by atoms with Gasteiger partial charge in [-0.25, -0.2) is 18.4 Å². The van der Waals surface area contributed by atoms with Crippen LogP contribution in [0.5, 0.6) is 0 Å². The molecular weight excluding hydrogens is 546 g/mol. The van der Waals surface area contributed by atoms with Crippen molar-refractivity contribution >= 4 is 44.3 Å². The van der Waals surface area contributed by atoms with Crippen LogP contribution in [0.15, 0.2) is 66.1 Å². The number of carbonyl (C=O) groups excluding carboxylic acids is 2. The van der Waals surface area contributed by atoms with E-state index in [0.29, 0.717) is 31.9 Å². The van der Waals surface area contributed by atoms with Gasteiger partial charge < -0.3 is 20.4 Å². The molecule has 1 saturated heterocycles. The van der Waals surface area contributed by atoms with Crippen LogP contribution in [-0.4, -0.2) is 77.1 Å². The molecule has 1 unspecified atom stereocenters. The number of pyridine rings is 1. The van der Waals surface area contributed by atoms with Gasteiger partial charge >= 0.3 is 0 Å². The second-order valence-corrected chi connectivity index (χ2v) is 11.3. The number of fused-ring (bicyclic) bond motifs is 1. The molecule has 0 spiro atoms. The van der Waals surface area contributed by atoms with Gasteiger partial charge in [0.05, 0.1) is 11.6 Å². The van der Waals surface area contributed by atoms with Crippen LogP contribution in [0, 0.1) is 5.21 Å². The number of carbonyl (C=O) groups is 2. The van der Waals surface area contributed by atoms with E-state index in [-0.39, 0.29) is 42.8 Å². The minimum absolute atomic E-state index is 0.00585. The highest BCUT2D eigenvalue weighted by Gasteiger charge is 2.38. The minimum Gasteiger partial charge on any atom is -0.618 e. The SMILES string of the molecule is CNC(=O)CC1CN(S(=O)(=O)c2cc3cc(Cl)ccc3[nH]2)CCN1C(=O)c1ncc(-c2cccc[n+]2[O-])cn1. The standard InChI is InChI=1S/C25H24ClN7O5S/c1-27-22(34)12-19-15-31(39(37,38)23-11-16-10-18(26)5-6-20(16)30-23)8-9-32(19)25(35)24-28-13-17(14-29-24)21-4-2-3-7-33(21)36/h2-7,10-11,13-14,19,30H,8-9,12,15H2,1H3,(H,27,34). The molecule has 5 rings (SSSR count). The molecule has 0 radical (unpaired) electrons. The summed E-state index contributed by atoms with van der Waals surface area (Å²) in [6.45, 7) is -0.0707. The number of nitrogens with one attached hydrogen (secondary N) is 2. The molecule has 1 fully saturated rings. The van der Waals surface area contributed by atoms with Crippen LogP contribution in [0.2, 0.25) is 5.02 Å². The van der Waals surface area contributed by atoms with Gasteiger partial charge in [-0.1, -0.05) is 11.6 Å². The van der Waals surface area contributed by atoms with E-state index >= 15 is 0 Å². The van der Waals surface area contributed by atoms with E-state index < -0.39 is 22.0 Å². The average Bonchev–Trinajstić information content (AvgIpc) is 3.37. The van der Waals surface area contributed by atoms with Crippen molar-refractivity contribution in [2.75, 3.05) is 26.7 Å². The lowest BCUT2D eigenvalue weighted by Crippen LogP contribution is -2.57. The number of hydrogen-bond acceptors (Lipinski definition) is 7. The van der Waals surface area contributed by atoms with E-state index in [1.54, 1.807) is 36.4 Å². The molecule has 0 saturated carbocycles. The summed E-state index contributed by atoms with van der Waals surface area (Å²) in [5.41, 5.74) is 1.37. The molecule has 39 heavy (non-hydrogen) atoms. The molecule has 0 aliphatic carbocycles. The molecule has 1 aliphatic rings. The van der Waals surface area contributed by atoms with E-state index in [4.69, 9.17) is 11.6 Å². The van der Waals surface area contributed by atoms with Crippen molar-refractivity contribution in [1.29, 1.82) is 0 Å².